The van der Waals surface area contributed by atoms with Crippen molar-refractivity contribution in [3.8, 4) is 0 Å². The molecule has 3 unspecified atom stereocenters. The molecule has 0 spiro atoms. The number of aromatic nitrogens is 1. The Bertz CT molecular complexity index is 389. The number of thiazole rings is 1. The highest BCUT2D eigenvalue weighted by Gasteiger charge is 2.28. The van der Waals surface area contributed by atoms with E-state index in [2.05, 4.69) is 6.92 Å². The van der Waals surface area contributed by atoms with Crippen LogP contribution in [0.15, 0.2) is 0 Å². The Morgan fingerprint density at radius 2 is 2.06 bits per heavy atom. The third-order valence-corrected chi connectivity index (χ3v) is 5.89. The predicted molar refractivity (Wildman–Crippen MR) is 76.8 cm³/mol. The first kappa shape index (κ1) is 12.6. The van der Waals surface area contributed by atoms with Crippen LogP contribution in [0, 0.1) is 11.8 Å². The molecule has 2 aliphatic rings. The average Bonchev–Trinajstić information content (AvgIpc) is 2.81. The summed E-state index contributed by atoms with van der Waals surface area (Å²) in [5, 5.41) is 1.22. The van der Waals surface area contributed by atoms with E-state index in [0.29, 0.717) is 5.92 Å². The van der Waals surface area contributed by atoms with Gasteiger partial charge in [-0.1, -0.05) is 19.8 Å². The molecule has 1 heterocycles. The number of fused-ring (bicyclic) bond motifs is 1. The fourth-order valence-corrected chi connectivity index (χ4v) is 4.77. The second kappa shape index (κ2) is 5.30. The SMILES string of the molecule is CC1CCCC(C(N)c2nc3c(s2)CCCC3)C1. The largest absolute Gasteiger partial charge is 0.322 e. The molecule has 1 saturated carbocycles. The maximum Gasteiger partial charge on any atom is 0.110 e. The second-order valence-electron chi connectivity index (χ2n) is 6.19. The van der Waals surface area contributed by atoms with E-state index < -0.39 is 0 Å². The molecule has 18 heavy (non-hydrogen) atoms. The van der Waals surface area contributed by atoms with Gasteiger partial charge in [0.15, 0.2) is 0 Å². The molecule has 1 fully saturated rings. The molecule has 2 aliphatic carbocycles. The van der Waals surface area contributed by atoms with Gasteiger partial charge in [0.05, 0.1) is 11.7 Å². The van der Waals surface area contributed by atoms with Gasteiger partial charge in [-0.15, -0.1) is 11.3 Å². The van der Waals surface area contributed by atoms with Gasteiger partial charge in [-0.2, -0.15) is 0 Å². The van der Waals surface area contributed by atoms with E-state index in [4.69, 9.17) is 10.7 Å². The second-order valence-corrected chi connectivity index (χ2v) is 7.30. The van der Waals surface area contributed by atoms with Gasteiger partial charge in [-0.25, -0.2) is 4.98 Å². The van der Waals surface area contributed by atoms with E-state index in [1.165, 1.54) is 66.9 Å². The van der Waals surface area contributed by atoms with Gasteiger partial charge < -0.3 is 5.73 Å². The lowest BCUT2D eigenvalue weighted by Crippen LogP contribution is -2.26. The Hall–Kier alpha value is -0.410. The zero-order valence-corrected chi connectivity index (χ0v) is 12.1. The summed E-state index contributed by atoms with van der Waals surface area (Å²) in [6.45, 7) is 2.37. The van der Waals surface area contributed by atoms with Crippen LogP contribution in [-0.4, -0.2) is 4.98 Å². The van der Waals surface area contributed by atoms with Crippen LogP contribution in [0.4, 0.5) is 0 Å². The number of nitrogens with zero attached hydrogens (tertiary/aromatic N) is 1. The van der Waals surface area contributed by atoms with Crippen LogP contribution in [0.25, 0.3) is 0 Å². The van der Waals surface area contributed by atoms with Crippen molar-refractivity contribution in [2.24, 2.45) is 17.6 Å². The van der Waals surface area contributed by atoms with Crippen molar-refractivity contribution < 1.29 is 0 Å². The van der Waals surface area contributed by atoms with Crippen molar-refractivity contribution in [3.63, 3.8) is 0 Å². The van der Waals surface area contributed by atoms with Crippen LogP contribution in [-0.2, 0) is 12.8 Å². The molecule has 0 saturated heterocycles. The first-order valence-corrected chi connectivity index (χ1v) is 8.29. The molecule has 1 aromatic rings. The Balaban J connectivity index is 1.75. The van der Waals surface area contributed by atoms with Crippen LogP contribution < -0.4 is 5.73 Å². The molecule has 100 valence electrons. The normalized spacial score (nSPS) is 29.9. The van der Waals surface area contributed by atoms with Gasteiger partial charge in [0.2, 0.25) is 0 Å². The summed E-state index contributed by atoms with van der Waals surface area (Å²) in [4.78, 5) is 6.37. The van der Waals surface area contributed by atoms with E-state index in [1.807, 2.05) is 11.3 Å². The molecule has 3 rings (SSSR count). The Morgan fingerprint density at radius 1 is 1.22 bits per heavy atom. The molecule has 3 atom stereocenters. The molecular weight excluding hydrogens is 240 g/mol. The fraction of sp³-hybridized carbons (Fsp3) is 0.800. The van der Waals surface area contributed by atoms with Gasteiger partial charge in [-0.3, -0.25) is 0 Å². The van der Waals surface area contributed by atoms with Gasteiger partial charge in [0.1, 0.15) is 5.01 Å². The first-order valence-electron chi connectivity index (χ1n) is 7.48. The van der Waals surface area contributed by atoms with E-state index in [9.17, 15) is 0 Å². The van der Waals surface area contributed by atoms with Crippen LogP contribution >= 0.6 is 11.3 Å². The summed E-state index contributed by atoms with van der Waals surface area (Å²) in [5.74, 6) is 1.52. The average molecular weight is 264 g/mol. The summed E-state index contributed by atoms with van der Waals surface area (Å²) in [6.07, 6.45) is 10.4. The lowest BCUT2D eigenvalue weighted by Gasteiger charge is -2.30. The van der Waals surface area contributed by atoms with E-state index >= 15 is 0 Å². The predicted octanol–water partition coefficient (Wildman–Crippen LogP) is 3.85. The van der Waals surface area contributed by atoms with Crippen LogP contribution in [0.3, 0.4) is 0 Å². The molecule has 2 N–H and O–H groups in total. The molecule has 2 nitrogen and oxygen atoms in total. The zero-order valence-electron chi connectivity index (χ0n) is 11.3. The minimum atomic E-state index is 0.198. The number of aryl methyl sites for hydroxylation is 2. The molecular formula is C15H24N2S. The molecule has 3 heteroatoms. The third kappa shape index (κ3) is 2.48. The lowest BCUT2D eigenvalue weighted by molar-refractivity contribution is 0.247. The third-order valence-electron chi connectivity index (χ3n) is 4.63. The van der Waals surface area contributed by atoms with Crippen molar-refractivity contribution in [3.05, 3.63) is 15.6 Å². The number of hydrogen-bond donors (Lipinski definition) is 1. The van der Waals surface area contributed by atoms with Crippen LogP contribution in [0.5, 0.6) is 0 Å². The molecule has 1 aromatic heterocycles. The summed E-state index contributed by atoms with van der Waals surface area (Å²) in [7, 11) is 0. The molecule has 0 amide bonds. The van der Waals surface area contributed by atoms with Gasteiger partial charge in [0, 0.05) is 4.88 Å². The maximum atomic E-state index is 6.49. The first-order chi connectivity index (χ1) is 8.74. The number of hydrogen-bond acceptors (Lipinski definition) is 3. The van der Waals surface area contributed by atoms with E-state index in [-0.39, 0.29) is 6.04 Å². The summed E-state index contributed by atoms with van der Waals surface area (Å²) >= 11 is 1.90. The highest BCUT2D eigenvalue weighted by atomic mass is 32.1. The topological polar surface area (TPSA) is 38.9 Å². The van der Waals surface area contributed by atoms with Gasteiger partial charge in [0.25, 0.3) is 0 Å². The van der Waals surface area contributed by atoms with Crippen molar-refractivity contribution in [2.45, 2.75) is 64.3 Å². The number of rotatable bonds is 2. The highest BCUT2D eigenvalue weighted by Crippen LogP contribution is 2.38. The van der Waals surface area contributed by atoms with Crippen molar-refractivity contribution in [1.82, 2.24) is 4.98 Å². The quantitative estimate of drug-likeness (QED) is 0.881. The smallest absolute Gasteiger partial charge is 0.110 e. The zero-order chi connectivity index (χ0) is 12.5. The number of nitrogens with two attached hydrogens (primary N) is 1. The van der Waals surface area contributed by atoms with Gasteiger partial charge in [-0.05, 0) is 50.4 Å². The monoisotopic (exact) mass is 264 g/mol. The van der Waals surface area contributed by atoms with Crippen molar-refractivity contribution >= 4 is 11.3 Å². The minimum absolute atomic E-state index is 0.198. The molecule has 0 aromatic carbocycles. The molecule has 0 aliphatic heterocycles. The summed E-state index contributed by atoms with van der Waals surface area (Å²) in [5.41, 5.74) is 7.85. The Kier molecular flexibility index (Phi) is 3.71. The Labute approximate surface area is 114 Å². The standard InChI is InChI=1S/C15H24N2S/c1-10-5-4-6-11(9-10)14(16)15-17-12-7-2-3-8-13(12)18-15/h10-11,14H,2-9,16H2,1H3. The molecule has 0 bridgehead atoms. The van der Waals surface area contributed by atoms with Crippen LogP contribution in [0.1, 0.15) is 67.1 Å². The van der Waals surface area contributed by atoms with E-state index in [0.717, 1.165) is 5.92 Å². The fourth-order valence-electron chi connectivity index (χ4n) is 3.52. The van der Waals surface area contributed by atoms with Crippen molar-refractivity contribution in [1.29, 1.82) is 0 Å². The summed E-state index contributed by atoms with van der Waals surface area (Å²) < 4.78 is 0. The van der Waals surface area contributed by atoms with Gasteiger partial charge >= 0.3 is 0 Å². The minimum Gasteiger partial charge on any atom is -0.322 e. The molecule has 0 radical (unpaired) electrons. The lowest BCUT2D eigenvalue weighted by atomic mass is 9.79. The summed E-state index contributed by atoms with van der Waals surface area (Å²) in [6, 6.07) is 0.198. The highest BCUT2D eigenvalue weighted by molar-refractivity contribution is 7.11. The maximum absolute atomic E-state index is 6.49. The Morgan fingerprint density at radius 3 is 2.83 bits per heavy atom. The van der Waals surface area contributed by atoms with E-state index in [1.54, 1.807) is 0 Å². The van der Waals surface area contributed by atoms with Crippen molar-refractivity contribution in [2.75, 3.05) is 0 Å². The van der Waals surface area contributed by atoms with Crippen LogP contribution in [0.2, 0.25) is 0 Å².